The summed E-state index contributed by atoms with van der Waals surface area (Å²) in [6.45, 7) is 3.29. The molecule has 0 saturated carbocycles. The number of aryl methyl sites for hydroxylation is 1. The average molecular weight is 356 g/mol. The SMILES string of the molecule is COC(=O)CC1CN(C(=O)c2cccc(C)c2Br)CCO1. The fourth-order valence-electron chi connectivity index (χ4n) is 2.28. The monoisotopic (exact) mass is 355 g/mol. The van der Waals surface area contributed by atoms with E-state index in [0.29, 0.717) is 25.3 Å². The molecule has 6 heteroatoms. The van der Waals surface area contributed by atoms with Crippen molar-refractivity contribution in [3.8, 4) is 0 Å². The molecular weight excluding hydrogens is 338 g/mol. The van der Waals surface area contributed by atoms with E-state index in [9.17, 15) is 9.59 Å². The molecule has 1 heterocycles. The summed E-state index contributed by atoms with van der Waals surface area (Å²) in [5, 5.41) is 0. The Morgan fingerprint density at radius 2 is 2.24 bits per heavy atom. The van der Waals surface area contributed by atoms with E-state index >= 15 is 0 Å². The van der Waals surface area contributed by atoms with Crippen LogP contribution >= 0.6 is 15.9 Å². The Morgan fingerprint density at radius 3 is 2.95 bits per heavy atom. The number of benzene rings is 1. The van der Waals surface area contributed by atoms with Crippen molar-refractivity contribution in [2.45, 2.75) is 19.4 Å². The predicted octanol–water partition coefficient (Wildman–Crippen LogP) is 2.16. The highest BCUT2D eigenvalue weighted by atomic mass is 79.9. The number of hydrogen-bond acceptors (Lipinski definition) is 4. The van der Waals surface area contributed by atoms with Crippen LogP contribution in [0.5, 0.6) is 0 Å². The maximum absolute atomic E-state index is 12.6. The molecule has 5 nitrogen and oxygen atoms in total. The number of amides is 1. The van der Waals surface area contributed by atoms with Gasteiger partial charge in [-0.3, -0.25) is 9.59 Å². The van der Waals surface area contributed by atoms with E-state index < -0.39 is 0 Å². The van der Waals surface area contributed by atoms with E-state index in [4.69, 9.17) is 4.74 Å². The number of carbonyl (C=O) groups excluding carboxylic acids is 2. The molecule has 0 aromatic heterocycles. The maximum atomic E-state index is 12.6. The normalized spacial score (nSPS) is 18.4. The number of hydrogen-bond donors (Lipinski definition) is 0. The molecule has 0 N–H and O–H groups in total. The molecule has 21 heavy (non-hydrogen) atoms. The summed E-state index contributed by atoms with van der Waals surface area (Å²) >= 11 is 3.46. The van der Waals surface area contributed by atoms with E-state index in [2.05, 4.69) is 20.7 Å². The van der Waals surface area contributed by atoms with Crippen molar-refractivity contribution in [3.63, 3.8) is 0 Å². The van der Waals surface area contributed by atoms with Crippen LogP contribution in [0, 0.1) is 6.92 Å². The second-order valence-electron chi connectivity index (χ2n) is 4.96. The van der Waals surface area contributed by atoms with Crippen molar-refractivity contribution >= 4 is 27.8 Å². The largest absolute Gasteiger partial charge is 0.469 e. The van der Waals surface area contributed by atoms with E-state index in [1.54, 1.807) is 11.0 Å². The molecule has 2 rings (SSSR count). The van der Waals surface area contributed by atoms with Gasteiger partial charge in [0.15, 0.2) is 0 Å². The molecular formula is C15H18BrNO4. The third kappa shape index (κ3) is 3.83. The zero-order chi connectivity index (χ0) is 15.4. The molecule has 1 atom stereocenters. The molecule has 1 saturated heterocycles. The third-order valence-electron chi connectivity index (χ3n) is 3.47. The lowest BCUT2D eigenvalue weighted by atomic mass is 10.1. The number of esters is 1. The topological polar surface area (TPSA) is 55.8 Å². The van der Waals surface area contributed by atoms with Gasteiger partial charge in [0.05, 0.1) is 31.8 Å². The molecule has 0 spiro atoms. The molecule has 1 fully saturated rings. The zero-order valence-corrected chi connectivity index (χ0v) is 13.7. The first-order chi connectivity index (χ1) is 10.0. The lowest BCUT2D eigenvalue weighted by Crippen LogP contribution is -2.46. The molecule has 1 aliphatic heterocycles. The van der Waals surface area contributed by atoms with Gasteiger partial charge in [-0.1, -0.05) is 12.1 Å². The van der Waals surface area contributed by atoms with Gasteiger partial charge in [-0.15, -0.1) is 0 Å². The van der Waals surface area contributed by atoms with Gasteiger partial charge in [0.25, 0.3) is 5.91 Å². The van der Waals surface area contributed by atoms with Crippen LogP contribution in [0.25, 0.3) is 0 Å². The first-order valence-corrected chi connectivity index (χ1v) is 7.55. The van der Waals surface area contributed by atoms with E-state index in [0.717, 1.165) is 10.0 Å². The van der Waals surface area contributed by atoms with Crippen molar-refractivity contribution in [2.75, 3.05) is 26.8 Å². The number of carbonyl (C=O) groups is 2. The van der Waals surface area contributed by atoms with Gasteiger partial charge in [-0.2, -0.15) is 0 Å². The van der Waals surface area contributed by atoms with Gasteiger partial charge in [0.2, 0.25) is 0 Å². The van der Waals surface area contributed by atoms with Crippen molar-refractivity contribution in [3.05, 3.63) is 33.8 Å². The fourth-order valence-corrected chi connectivity index (χ4v) is 2.71. The lowest BCUT2D eigenvalue weighted by molar-refractivity contribution is -0.145. The minimum Gasteiger partial charge on any atom is -0.469 e. The molecule has 1 unspecified atom stereocenters. The number of nitrogens with zero attached hydrogens (tertiary/aromatic N) is 1. The summed E-state index contributed by atoms with van der Waals surface area (Å²) in [5.41, 5.74) is 1.65. The minimum atomic E-state index is -0.328. The predicted molar refractivity (Wildman–Crippen MR) is 81.2 cm³/mol. The Morgan fingerprint density at radius 1 is 1.48 bits per heavy atom. The van der Waals surface area contributed by atoms with Crippen LogP contribution in [0.1, 0.15) is 22.3 Å². The Labute approximate surface area is 132 Å². The van der Waals surface area contributed by atoms with Crippen LogP contribution in [-0.2, 0) is 14.3 Å². The van der Waals surface area contributed by atoms with Crippen molar-refractivity contribution < 1.29 is 19.1 Å². The molecule has 1 aromatic rings. The van der Waals surface area contributed by atoms with Crippen LogP contribution < -0.4 is 0 Å². The van der Waals surface area contributed by atoms with Crippen LogP contribution in [0.15, 0.2) is 22.7 Å². The van der Waals surface area contributed by atoms with Gasteiger partial charge in [-0.25, -0.2) is 0 Å². The van der Waals surface area contributed by atoms with E-state index in [1.807, 2.05) is 19.1 Å². The average Bonchev–Trinajstić information content (AvgIpc) is 2.49. The summed E-state index contributed by atoms with van der Waals surface area (Å²) in [6, 6.07) is 5.60. The summed E-state index contributed by atoms with van der Waals surface area (Å²) in [7, 11) is 1.35. The first-order valence-electron chi connectivity index (χ1n) is 6.75. The number of methoxy groups -OCH3 is 1. The second-order valence-corrected chi connectivity index (χ2v) is 5.75. The molecule has 0 radical (unpaired) electrons. The Hall–Kier alpha value is -1.40. The van der Waals surface area contributed by atoms with Crippen LogP contribution in [0.2, 0.25) is 0 Å². The van der Waals surface area contributed by atoms with Gasteiger partial charge in [0, 0.05) is 17.6 Å². The maximum Gasteiger partial charge on any atom is 0.308 e. The van der Waals surface area contributed by atoms with Gasteiger partial charge >= 0.3 is 5.97 Å². The van der Waals surface area contributed by atoms with Gasteiger partial charge in [-0.05, 0) is 34.5 Å². The summed E-state index contributed by atoms with van der Waals surface area (Å²) in [6.07, 6.45) is -0.145. The molecule has 0 bridgehead atoms. The van der Waals surface area contributed by atoms with Crippen molar-refractivity contribution in [1.82, 2.24) is 4.90 Å². The summed E-state index contributed by atoms with van der Waals surface area (Å²) < 4.78 is 11.0. The number of ether oxygens (including phenoxy) is 2. The Kier molecular flexibility index (Phi) is 5.36. The lowest BCUT2D eigenvalue weighted by Gasteiger charge is -2.32. The molecule has 1 aliphatic rings. The van der Waals surface area contributed by atoms with Gasteiger partial charge < -0.3 is 14.4 Å². The summed E-state index contributed by atoms with van der Waals surface area (Å²) in [5.74, 6) is -0.380. The van der Waals surface area contributed by atoms with Crippen LogP contribution in [0.3, 0.4) is 0 Å². The molecule has 1 aromatic carbocycles. The Balaban J connectivity index is 2.08. The highest BCUT2D eigenvalue weighted by Crippen LogP contribution is 2.23. The highest BCUT2D eigenvalue weighted by molar-refractivity contribution is 9.10. The van der Waals surface area contributed by atoms with Gasteiger partial charge in [0.1, 0.15) is 0 Å². The first kappa shape index (κ1) is 16.0. The quantitative estimate of drug-likeness (QED) is 0.779. The number of rotatable bonds is 3. The number of halogens is 1. The van der Waals surface area contributed by atoms with Crippen LogP contribution in [0.4, 0.5) is 0 Å². The second kappa shape index (κ2) is 7.04. The zero-order valence-electron chi connectivity index (χ0n) is 12.1. The fraction of sp³-hybridized carbons (Fsp3) is 0.467. The Bertz CT molecular complexity index is 546. The van der Waals surface area contributed by atoms with Crippen molar-refractivity contribution in [2.24, 2.45) is 0 Å². The summed E-state index contributed by atoms with van der Waals surface area (Å²) in [4.78, 5) is 25.6. The minimum absolute atomic E-state index is 0.0521. The molecule has 1 amide bonds. The highest BCUT2D eigenvalue weighted by Gasteiger charge is 2.27. The van der Waals surface area contributed by atoms with Crippen molar-refractivity contribution in [1.29, 1.82) is 0 Å². The third-order valence-corrected chi connectivity index (χ3v) is 4.52. The standard InChI is InChI=1S/C15H18BrNO4/c1-10-4-3-5-12(14(10)16)15(19)17-6-7-21-11(9-17)8-13(18)20-2/h3-5,11H,6-9H2,1-2H3. The van der Waals surface area contributed by atoms with E-state index in [-0.39, 0.29) is 24.4 Å². The molecule has 0 aliphatic carbocycles. The smallest absolute Gasteiger partial charge is 0.308 e. The van der Waals surface area contributed by atoms with Crippen LogP contribution in [-0.4, -0.2) is 49.7 Å². The number of morpholine rings is 1. The molecule has 114 valence electrons. The van der Waals surface area contributed by atoms with E-state index in [1.165, 1.54) is 7.11 Å².